The third kappa shape index (κ3) is 6.32. The van der Waals surface area contributed by atoms with Crippen molar-refractivity contribution in [2.45, 2.75) is 65.7 Å². The maximum absolute atomic E-state index is 13.3. The molecule has 0 atom stereocenters. The standard InChI is InChI=1S/C33H42N4O2/c1-5-15-36(4)31-10-8-9-28(31)29-19-23(12-14-26(29)22-38)24-11-13-25-18-27(21-32(34)35-30(25)20-24)33(39)37(16-6-2)17-7-3/h11-14,18-20,22H,5-10,15-17,21H2,1-4H3,(H2,34,35). The number of carbonyl (C=O) groups is 2. The number of aliphatic imine (C=N–C) groups is 1. The largest absolute Gasteiger partial charge is 0.387 e. The Hall–Kier alpha value is -3.67. The normalized spacial score (nSPS) is 14.9. The van der Waals surface area contributed by atoms with Crippen LogP contribution in [0.2, 0.25) is 0 Å². The van der Waals surface area contributed by atoms with Crippen molar-refractivity contribution in [1.82, 2.24) is 9.80 Å². The summed E-state index contributed by atoms with van der Waals surface area (Å²) >= 11 is 0. The molecule has 0 saturated heterocycles. The molecule has 0 unspecified atom stereocenters. The minimum Gasteiger partial charge on any atom is -0.387 e. The molecule has 0 fully saturated rings. The summed E-state index contributed by atoms with van der Waals surface area (Å²) in [6.45, 7) is 8.84. The first kappa shape index (κ1) is 28.3. The zero-order valence-corrected chi connectivity index (χ0v) is 23.9. The zero-order valence-electron chi connectivity index (χ0n) is 23.9. The molecule has 0 bridgehead atoms. The maximum Gasteiger partial charge on any atom is 0.250 e. The van der Waals surface area contributed by atoms with Gasteiger partial charge in [0.05, 0.1) is 5.69 Å². The summed E-state index contributed by atoms with van der Waals surface area (Å²) in [6.07, 6.45) is 9.31. The van der Waals surface area contributed by atoms with Crippen molar-refractivity contribution in [3.05, 3.63) is 64.4 Å². The van der Waals surface area contributed by atoms with E-state index in [4.69, 9.17) is 10.7 Å². The average molecular weight is 527 g/mol. The van der Waals surface area contributed by atoms with Gasteiger partial charge in [-0.2, -0.15) is 0 Å². The van der Waals surface area contributed by atoms with E-state index < -0.39 is 0 Å². The van der Waals surface area contributed by atoms with Gasteiger partial charge in [-0.05, 0) is 79.0 Å². The number of nitrogens with zero attached hydrogens (tertiary/aromatic N) is 3. The number of benzene rings is 2. The number of allylic oxidation sites excluding steroid dienone is 2. The van der Waals surface area contributed by atoms with Crippen LogP contribution in [0.3, 0.4) is 0 Å². The first-order chi connectivity index (χ1) is 18.9. The van der Waals surface area contributed by atoms with Crippen molar-refractivity contribution in [2.75, 3.05) is 26.7 Å². The number of hydrogen-bond donors (Lipinski definition) is 1. The fourth-order valence-corrected chi connectivity index (χ4v) is 5.77. The van der Waals surface area contributed by atoms with Crippen LogP contribution in [0, 0.1) is 0 Å². The summed E-state index contributed by atoms with van der Waals surface area (Å²) in [6, 6.07) is 12.2. The molecule has 2 N–H and O–H groups in total. The van der Waals surface area contributed by atoms with Gasteiger partial charge in [0, 0.05) is 55.5 Å². The molecule has 6 heteroatoms. The van der Waals surface area contributed by atoms with E-state index in [1.807, 2.05) is 35.2 Å². The van der Waals surface area contributed by atoms with Crippen LogP contribution < -0.4 is 5.73 Å². The van der Waals surface area contributed by atoms with Gasteiger partial charge in [0.25, 0.3) is 0 Å². The molecule has 1 aliphatic carbocycles. The van der Waals surface area contributed by atoms with E-state index in [0.29, 0.717) is 17.8 Å². The number of fused-ring (bicyclic) bond motifs is 1. The second-order valence-corrected chi connectivity index (χ2v) is 10.6. The summed E-state index contributed by atoms with van der Waals surface area (Å²) in [7, 11) is 2.15. The lowest BCUT2D eigenvalue weighted by Crippen LogP contribution is -2.34. The second-order valence-electron chi connectivity index (χ2n) is 10.6. The van der Waals surface area contributed by atoms with Crippen LogP contribution in [-0.4, -0.2) is 54.5 Å². The van der Waals surface area contributed by atoms with E-state index in [0.717, 1.165) is 98.0 Å². The summed E-state index contributed by atoms with van der Waals surface area (Å²) < 4.78 is 0. The Kier molecular flexibility index (Phi) is 9.39. The monoisotopic (exact) mass is 526 g/mol. The van der Waals surface area contributed by atoms with Crippen LogP contribution in [0.25, 0.3) is 22.8 Å². The molecular formula is C33H42N4O2. The molecule has 2 aromatic carbocycles. The predicted molar refractivity (Wildman–Crippen MR) is 162 cm³/mol. The fourth-order valence-electron chi connectivity index (χ4n) is 5.77. The summed E-state index contributed by atoms with van der Waals surface area (Å²) in [5.74, 6) is 0.478. The average Bonchev–Trinajstić information content (AvgIpc) is 3.36. The van der Waals surface area contributed by atoms with Crippen LogP contribution in [0.5, 0.6) is 0 Å². The summed E-state index contributed by atoms with van der Waals surface area (Å²) in [4.78, 5) is 34.3. The van der Waals surface area contributed by atoms with Gasteiger partial charge >= 0.3 is 0 Å². The number of rotatable bonds is 11. The number of aldehydes is 1. The van der Waals surface area contributed by atoms with E-state index in [1.54, 1.807) is 0 Å². The molecule has 2 aliphatic rings. The van der Waals surface area contributed by atoms with Crippen LogP contribution in [0.1, 0.15) is 87.2 Å². The molecule has 0 radical (unpaired) electrons. The van der Waals surface area contributed by atoms with Gasteiger partial charge in [0.1, 0.15) is 5.84 Å². The smallest absolute Gasteiger partial charge is 0.250 e. The van der Waals surface area contributed by atoms with E-state index in [1.165, 1.54) is 11.3 Å². The predicted octanol–water partition coefficient (Wildman–Crippen LogP) is 6.83. The number of hydrogen-bond acceptors (Lipinski definition) is 5. The topological polar surface area (TPSA) is 79.0 Å². The maximum atomic E-state index is 13.3. The van der Waals surface area contributed by atoms with Gasteiger partial charge in [0.2, 0.25) is 5.91 Å². The molecule has 4 rings (SSSR count). The van der Waals surface area contributed by atoms with Crippen molar-refractivity contribution in [3.8, 4) is 11.1 Å². The summed E-state index contributed by atoms with van der Waals surface area (Å²) in [5.41, 5.74) is 15.1. The minimum atomic E-state index is 0.0385. The number of amides is 1. The van der Waals surface area contributed by atoms with Crippen molar-refractivity contribution in [1.29, 1.82) is 0 Å². The van der Waals surface area contributed by atoms with Gasteiger partial charge in [-0.25, -0.2) is 4.99 Å². The van der Waals surface area contributed by atoms with E-state index in [-0.39, 0.29) is 5.91 Å². The van der Waals surface area contributed by atoms with E-state index >= 15 is 0 Å². The quantitative estimate of drug-likeness (QED) is 0.326. The number of carbonyl (C=O) groups excluding carboxylic acids is 2. The molecule has 206 valence electrons. The number of amidine groups is 1. The molecule has 0 spiro atoms. The second kappa shape index (κ2) is 12.9. The molecule has 39 heavy (non-hydrogen) atoms. The molecule has 1 aliphatic heterocycles. The van der Waals surface area contributed by atoms with Gasteiger partial charge < -0.3 is 15.5 Å². The lowest BCUT2D eigenvalue weighted by molar-refractivity contribution is -0.127. The van der Waals surface area contributed by atoms with Crippen LogP contribution in [0.4, 0.5) is 5.69 Å². The van der Waals surface area contributed by atoms with E-state index in [2.05, 4.69) is 44.9 Å². The highest BCUT2D eigenvalue weighted by molar-refractivity contribution is 6.05. The SMILES string of the molecule is CCCN(C)C1=C(c2cc(-c3ccc4c(c3)N=C(N)CC(C(=O)N(CCC)CCC)=C4)ccc2C=O)CCC1. The zero-order chi connectivity index (χ0) is 27.9. The first-order valence-electron chi connectivity index (χ1n) is 14.4. The van der Waals surface area contributed by atoms with Crippen LogP contribution in [0.15, 0.2) is 52.7 Å². The van der Waals surface area contributed by atoms with Crippen molar-refractivity contribution in [2.24, 2.45) is 10.7 Å². The first-order valence-corrected chi connectivity index (χ1v) is 14.4. The third-order valence-electron chi connectivity index (χ3n) is 7.59. The van der Waals surface area contributed by atoms with E-state index in [9.17, 15) is 9.59 Å². The lowest BCUT2D eigenvalue weighted by Gasteiger charge is -2.22. The van der Waals surface area contributed by atoms with Gasteiger partial charge in [0.15, 0.2) is 6.29 Å². The Morgan fingerprint density at radius 3 is 2.36 bits per heavy atom. The molecule has 1 heterocycles. The summed E-state index contributed by atoms with van der Waals surface area (Å²) in [5, 5.41) is 0. The van der Waals surface area contributed by atoms with Crippen LogP contribution >= 0.6 is 0 Å². The van der Waals surface area contributed by atoms with Gasteiger partial charge in [-0.1, -0.05) is 45.0 Å². The highest BCUT2D eigenvalue weighted by Crippen LogP contribution is 2.39. The number of nitrogens with two attached hydrogens (primary N) is 1. The minimum absolute atomic E-state index is 0.0385. The Morgan fingerprint density at radius 2 is 1.67 bits per heavy atom. The van der Waals surface area contributed by atoms with Crippen molar-refractivity contribution >= 4 is 35.4 Å². The highest BCUT2D eigenvalue weighted by atomic mass is 16.2. The fraction of sp³-hybridized carbons (Fsp3) is 0.424. The van der Waals surface area contributed by atoms with Gasteiger partial charge in [-0.3, -0.25) is 9.59 Å². The third-order valence-corrected chi connectivity index (χ3v) is 7.59. The molecule has 2 aromatic rings. The Labute approximate surface area is 233 Å². The molecular weight excluding hydrogens is 484 g/mol. The molecule has 0 saturated carbocycles. The molecule has 1 amide bonds. The molecule has 6 nitrogen and oxygen atoms in total. The van der Waals surface area contributed by atoms with Gasteiger partial charge in [-0.15, -0.1) is 0 Å². The highest BCUT2D eigenvalue weighted by Gasteiger charge is 2.23. The lowest BCUT2D eigenvalue weighted by atomic mass is 9.93. The van der Waals surface area contributed by atoms with Crippen molar-refractivity contribution < 1.29 is 9.59 Å². The molecule has 0 aromatic heterocycles. The Balaban J connectivity index is 1.72. The van der Waals surface area contributed by atoms with Crippen LogP contribution in [-0.2, 0) is 4.79 Å². The Morgan fingerprint density at radius 1 is 0.974 bits per heavy atom. The Bertz CT molecular complexity index is 1310. The van der Waals surface area contributed by atoms with Crippen molar-refractivity contribution in [3.63, 3.8) is 0 Å².